The molecule has 130 valence electrons. The molecule has 2 atom stereocenters. The summed E-state index contributed by atoms with van der Waals surface area (Å²) >= 11 is 0. The van der Waals surface area contributed by atoms with E-state index in [1.54, 1.807) is 0 Å². The van der Waals surface area contributed by atoms with Gasteiger partial charge in [0.2, 0.25) is 0 Å². The smallest absolute Gasteiger partial charge is 0.0565 e. The van der Waals surface area contributed by atoms with Gasteiger partial charge in [-0.1, -0.05) is 105 Å². The van der Waals surface area contributed by atoms with Crippen LogP contribution in [-0.2, 0) is 0 Å². The Bertz CT molecular complexity index is 149. The number of rotatable bonds is 7. The van der Waals surface area contributed by atoms with Gasteiger partial charge in [0.1, 0.15) is 0 Å². The summed E-state index contributed by atoms with van der Waals surface area (Å²) in [6, 6.07) is 0. The van der Waals surface area contributed by atoms with Gasteiger partial charge in [-0.15, -0.1) is 0 Å². The first-order valence-electron chi connectivity index (χ1n) is 9.81. The molecule has 0 amide bonds. The summed E-state index contributed by atoms with van der Waals surface area (Å²) in [4.78, 5) is 0. The molecule has 0 spiro atoms. The SMILES string of the molecule is CC1CCCCC1O.CCCCC.CCCCCCCC. The first-order chi connectivity index (χ1) is 10.1. The highest BCUT2D eigenvalue weighted by atomic mass is 16.3. The molecule has 1 aliphatic carbocycles. The van der Waals surface area contributed by atoms with Crippen molar-refractivity contribution in [3.8, 4) is 0 Å². The lowest BCUT2D eigenvalue weighted by atomic mass is 9.88. The number of aliphatic hydroxyl groups excluding tert-OH is 1. The fourth-order valence-electron chi connectivity index (χ4n) is 2.50. The van der Waals surface area contributed by atoms with Crippen LogP contribution in [0.5, 0.6) is 0 Å². The van der Waals surface area contributed by atoms with Crippen LogP contribution in [0.2, 0.25) is 0 Å². The molecule has 0 saturated heterocycles. The van der Waals surface area contributed by atoms with E-state index in [4.69, 9.17) is 0 Å². The van der Waals surface area contributed by atoms with Crippen LogP contribution in [0.25, 0.3) is 0 Å². The van der Waals surface area contributed by atoms with E-state index >= 15 is 0 Å². The van der Waals surface area contributed by atoms with Crippen LogP contribution >= 0.6 is 0 Å². The lowest BCUT2D eigenvalue weighted by Gasteiger charge is -2.23. The second-order valence-corrected chi connectivity index (χ2v) is 6.60. The monoisotopic (exact) mass is 300 g/mol. The van der Waals surface area contributed by atoms with Crippen LogP contribution in [0.15, 0.2) is 0 Å². The van der Waals surface area contributed by atoms with Gasteiger partial charge in [-0.3, -0.25) is 0 Å². The Morgan fingerprint density at radius 1 is 0.667 bits per heavy atom. The highest BCUT2D eigenvalue weighted by Gasteiger charge is 2.17. The molecule has 0 bridgehead atoms. The summed E-state index contributed by atoms with van der Waals surface area (Å²) in [5.41, 5.74) is 0. The van der Waals surface area contributed by atoms with Crippen molar-refractivity contribution in [2.24, 2.45) is 5.92 Å². The van der Waals surface area contributed by atoms with E-state index in [-0.39, 0.29) is 6.10 Å². The molecule has 0 aliphatic heterocycles. The zero-order valence-corrected chi connectivity index (χ0v) is 15.8. The van der Waals surface area contributed by atoms with Gasteiger partial charge in [-0.05, 0) is 18.8 Å². The number of hydrogen-bond acceptors (Lipinski definition) is 1. The van der Waals surface area contributed by atoms with Crippen molar-refractivity contribution in [2.45, 2.75) is 124 Å². The number of unbranched alkanes of at least 4 members (excludes halogenated alkanes) is 7. The maximum Gasteiger partial charge on any atom is 0.0565 e. The summed E-state index contributed by atoms with van der Waals surface area (Å²) in [5.74, 6) is 0.559. The van der Waals surface area contributed by atoms with Gasteiger partial charge in [0.05, 0.1) is 6.10 Å². The summed E-state index contributed by atoms with van der Waals surface area (Å²) in [7, 11) is 0. The van der Waals surface area contributed by atoms with Crippen LogP contribution in [0.4, 0.5) is 0 Å². The van der Waals surface area contributed by atoms with E-state index in [1.165, 1.54) is 77.0 Å². The quantitative estimate of drug-likeness (QED) is 0.496. The van der Waals surface area contributed by atoms with Crippen molar-refractivity contribution in [1.29, 1.82) is 0 Å². The molecule has 0 aromatic heterocycles. The molecular formula is C20H44O. The van der Waals surface area contributed by atoms with Crippen molar-refractivity contribution in [3.05, 3.63) is 0 Å². The molecule has 21 heavy (non-hydrogen) atoms. The van der Waals surface area contributed by atoms with Crippen molar-refractivity contribution in [3.63, 3.8) is 0 Å². The molecular weight excluding hydrogens is 256 g/mol. The summed E-state index contributed by atoms with van der Waals surface area (Å²) < 4.78 is 0. The van der Waals surface area contributed by atoms with Crippen LogP contribution in [0, 0.1) is 5.92 Å². The van der Waals surface area contributed by atoms with Gasteiger partial charge in [0.15, 0.2) is 0 Å². The Labute approximate surface area is 135 Å². The minimum atomic E-state index is 0.00347. The van der Waals surface area contributed by atoms with Gasteiger partial charge in [-0.2, -0.15) is 0 Å². The van der Waals surface area contributed by atoms with Gasteiger partial charge >= 0.3 is 0 Å². The predicted octanol–water partition coefficient (Wildman–Crippen LogP) is 7.12. The van der Waals surface area contributed by atoms with E-state index in [2.05, 4.69) is 34.6 Å². The van der Waals surface area contributed by atoms with Crippen molar-refractivity contribution in [2.75, 3.05) is 0 Å². The maximum atomic E-state index is 9.18. The minimum Gasteiger partial charge on any atom is -0.393 e. The maximum absolute atomic E-state index is 9.18. The van der Waals surface area contributed by atoms with Crippen LogP contribution in [0.3, 0.4) is 0 Å². The topological polar surface area (TPSA) is 20.2 Å². The predicted molar refractivity (Wildman–Crippen MR) is 97.9 cm³/mol. The molecule has 1 N–H and O–H groups in total. The third-order valence-electron chi connectivity index (χ3n) is 4.23. The standard InChI is InChI=1S/C8H18.C7H14O.C5H12/c1-3-5-7-8-6-4-2;1-6-4-2-3-5-7(6)8;1-3-5-4-2/h3-8H2,1-2H3;6-8H,2-5H2,1H3;3-5H2,1-2H3. The van der Waals surface area contributed by atoms with Crippen molar-refractivity contribution in [1.82, 2.24) is 0 Å². The molecule has 1 fully saturated rings. The summed E-state index contributed by atoms with van der Waals surface area (Å²) in [5, 5.41) is 9.18. The highest BCUT2D eigenvalue weighted by molar-refractivity contribution is 4.69. The molecule has 1 heteroatoms. The lowest BCUT2D eigenvalue weighted by Crippen LogP contribution is -2.21. The van der Waals surface area contributed by atoms with Crippen LogP contribution < -0.4 is 0 Å². The second-order valence-electron chi connectivity index (χ2n) is 6.60. The summed E-state index contributed by atoms with van der Waals surface area (Å²) in [6.45, 7) is 11.1. The Hall–Kier alpha value is -0.0400. The molecule has 1 rings (SSSR count). The van der Waals surface area contributed by atoms with E-state index < -0.39 is 0 Å². The first kappa shape index (κ1) is 23.2. The van der Waals surface area contributed by atoms with Crippen molar-refractivity contribution < 1.29 is 5.11 Å². The molecule has 1 aliphatic rings. The average Bonchev–Trinajstić information content (AvgIpc) is 2.49. The van der Waals surface area contributed by atoms with E-state index in [0.29, 0.717) is 5.92 Å². The Morgan fingerprint density at radius 2 is 1.10 bits per heavy atom. The minimum absolute atomic E-state index is 0.00347. The van der Waals surface area contributed by atoms with Gasteiger partial charge in [0, 0.05) is 0 Å². The summed E-state index contributed by atoms with van der Waals surface area (Å²) in [6.07, 6.45) is 17.4. The van der Waals surface area contributed by atoms with Gasteiger partial charge < -0.3 is 5.11 Å². The highest BCUT2D eigenvalue weighted by Crippen LogP contribution is 2.22. The van der Waals surface area contributed by atoms with Gasteiger partial charge in [0.25, 0.3) is 0 Å². The number of aliphatic hydroxyl groups is 1. The van der Waals surface area contributed by atoms with Crippen LogP contribution in [0.1, 0.15) is 118 Å². The molecule has 0 heterocycles. The molecule has 0 aromatic rings. The van der Waals surface area contributed by atoms with E-state index in [0.717, 1.165) is 6.42 Å². The van der Waals surface area contributed by atoms with Crippen LogP contribution in [-0.4, -0.2) is 11.2 Å². The fraction of sp³-hybridized carbons (Fsp3) is 1.00. The zero-order chi connectivity index (χ0) is 16.3. The molecule has 1 saturated carbocycles. The first-order valence-corrected chi connectivity index (χ1v) is 9.81. The third kappa shape index (κ3) is 20.0. The van der Waals surface area contributed by atoms with E-state index in [1.807, 2.05) is 0 Å². The number of hydrogen-bond donors (Lipinski definition) is 1. The Balaban J connectivity index is 0. The Kier molecular flexibility index (Phi) is 22.1. The normalized spacial score (nSPS) is 20.9. The largest absolute Gasteiger partial charge is 0.393 e. The van der Waals surface area contributed by atoms with Crippen molar-refractivity contribution >= 4 is 0 Å². The molecule has 0 radical (unpaired) electrons. The molecule has 1 nitrogen and oxygen atoms in total. The fourth-order valence-corrected chi connectivity index (χ4v) is 2.50. The zero-order valence-electron chi connectivity index (χ0n) is 15.8. The lowest BCUT2D eigenvalue weighted by molar-refractivity contribution is 0.0793. The molecule has 0 aromatic carbocycles. The van der Waals surface area contributed by atoms with Gasteiger partial charge in [-0.25, -0.2) is 0 Å². The second kappa shape index (κ2) is 20.0. The van der Waals surface area contributed by atoms with E-state index in [9.17, 15) is 5.11 Å². The Morgan fingerprint density at radius 3 is 1.33 bits per heavy atom. The molecule has 2 unspecified atom stereocenters. The third-order valence-corrected chi connectivity index (χ3v) is 4.23. The average molecular weight is 301 g/mol.